The number of hydrogen-bond donors (Lipinski definition) is 0. The first-order chi connectivity index (χ1) is 7.69. The number of carbonyl (C=O) groups is 1. The molecule has 0 aliphatic carbocycles. The Labute approximate surface area is 95.5 Å². The van der Waals surface area contributed by atoms with Crippen LogP contribution in [0.25, 0.3) is 0 Å². The van der Waals surface area contributed by atoms with Gasteiger partial charge in [0.05, 0.1) is 6.20 Å². The van der Waals surface area contributed by atoms with Gasteiger partial charge in [0, 0.05) is 26.3 Å². The number of likely N-dealkylation sites (tertiary alicyclic amines) is 1. The van der Waals surface area contributed by atoms with Gasteiger partial charge in [0.2, 0.25) is 5.91 Å². The summed E-state index contributed by atoms with van der Waals surface area (Å²) >= 11 is 0. The molecule has 0 bridgehead atoms. The van der Waals surface area contributed by atoms with Crippen molar-refractivity contribution in [3.05, 3.63) is 30.6 Å². The molecule has 1 aromatic heterocycles. The predicted molar refractivity (Wildman–Crippen MR) is 61.8 cm³/mol. The second kappa shape index (κ2) is 4.51. The summed E-state index contributed by atoms with van der Waals surface area (Å²) in [6, 6.07) is 0. The summed E-state index contributed by atoms with van der Waals surface area (Å²) in [4.78, 5) is 13.3. The first-order valence-electron chi connectivity index (χ1n) is 5.58. The van der Waals surface area contributed by atoms with E-state index in [-0.39, 0.29) is 5.91 Å². The number of hydrogen-bond acceptors (Lipinski definition) is 2. The SMILES string of the molecule is C=CC(=O)N1CCC(Cc2cnn(C)c2)C1. The van der Waals surface area contributed by atoms with Gasteiger partial charge in [-0.3, -0.25) is 9.48 Å². The van der Waals surface area contributed by atoms with Crippen LogP contribution in [0.2, 0.25) is 0 Å². The van der Waals surface area contributed by atoms with Crippen molar-refractivity contribution in [1.29, 1.82) is 0 Å². The van der Waals surface area contributed by atoms with Gasteiger partial charge in [0.15, 0.2) is 0 Å². The molecule has 1 aliphatic rings. The van der Waals surface area contributed by atoms with Crippen LogP contribution in [0.3, 0.4) is 0 Å². The zero-order valence-electron chi connectivity index (χ0n) is 9.59. The van der Waals surface area contributed by atoms with Gasteiger partial charge >= 0.3 is 0 Å². The molecule has 1 aromatic rings. The molecule has 1 fully saturated rings. The molecule has 1 unspecified atom stereocenters. The van der Waals surface area contributed by atoms with Crippen molar-refractivity contribution >= 4 is 5.91 Å². The van der Waals surface area contributed by atoms with Gasteiger partial charge in [-0.2, -0.15) is 5.10 Å². The number of amides is 1. The fourth-order valence-corrected chi connectivity index (χ4v) is 2.24. The summed E-state index contributed by atoms with van der Waals surface area (Å²) in [5, 5.41) is 4.15. The minimum absolute atomic E-state index is 0.0497. The minimum Gasteiger partial charge on any atom is -0.339 e. The van der Waals surface area contributed by atoms with Crippen LogP contribution in [0, 0.1) is 5.92 Å². The lowest BCUT2D eigenvalue weighted by atomic mass is 10.0. The number of rotatable bonds is 3. The molecule has 1 atom stereocenters. The Bertz CT molecular complexity index is 397. The standard InChI is InChI=1S/C12H17N3O/c1-3-12(16)15-5-4-10(9-15)6-11-7-13-14(2)8-11/h3,7-8,10H,1,4-6,9H2,2H3. The van der Waals surface area contributed by atoms with Gasteiger partial charge in [-0.25, -0.2) is 0 Å². The lowest BCUT2D eigenvalue weighted by Crippen LogP contribution is -2.26. The van der Waals surface area contributed by atoms with Gasteiger partial charge in [-0.1, -0.05) is 6.58 Å². The molecule has 2 rings (SSSR count). The molecule has 0 N–H and O–H groups in total. The first kappa shape index (κ1) is 10.9. The minimum atomic E-state index is 0.0497. The van der Waals surface area contributed by atoms with Crippen molar-refractivity contribution in [3.63, 3.8) is 0 Å². The summed E-state index contributed by atoms with van der Waals surface area (Å²) in [7, 11) is 1.92. The van der Waals surface area contributed by atoms with Gasteiger partial charge in [-0.05, 0) is 30.4 Å². The van der Waals surface area contributed by atoms with Crippen LogP contribution < -0.4 is 0 Å². The van der Waals surface area contributed by atoms with E-state index in [1.807, 2.05) is 29.0 Å². The van der Waals surface area contributed by atoms with E-state index in [2.05, 4.69) is 11.7 Å². The summed E-state index contributed by atoms with van der Waals surface area (Å²) in [5.41, 5.74) is 1.25. The number of nitrogens with zero attached hydrogens (tertiary/aromatic N) is 3. The molecule has 2 heterocycles. The average Bonchev–Trinajstić information content (AvgIpc) is 2.87. The van der Waals surface area contributed by atoms with Crippen LogP contribution in [-0.2, 0) is 18.3 Å². The van der Waals surface area contributed by atoms with E-state index in [0.717, 1.165) is 25.9 Å². The first-order valence-corrected chi connectivity index (χ1v) is 5.58. The number of aromatic nitrogens is 2. The van der Waals surface area contributed by atoms with Crippen LogP contribution in [0.4, 0.5) is 0 Å². The van der Waals surface area contributed by atoms with E-state index in [0.29, 0.717) is 5.92 Å². The number of aryl methyl sites for hydroxylation is 1. The fourth-order valence-electron chi connectivity index (χ4n) is 2.24. The van der Waals surface area contributed by atoms with Crippen molar-refractivity contribution < 1.29 is 4.79 Å². The summed E-state index contributed by atoms with van der Waals surface area (Å²) in [5.74, 6) is 0.613. The van der Waals surface area contributed by atoms with Gasteiger partial charge in [0.25, 0.3) is 0 Å². The Kier molecular flexibility index (Phi) is 3.08. The Hall–Kier alpha value is -1.58. The highest BCUT2D eigenvalue weighted by Crippen LogP contribution is 2.20. The smallest absolute Gasteiger partial charge is 0.245 e. The third-order valence-electron chi connectivity index (χ3n) is 3.05. The maximum Gasteiger partial charge on any atom is 0.245 e. The zero-order chi connectivity index (χ0) is 11.5. The fraction of sp³-hybridized carbons (Fsp3) is 0.500. The van der Waals surface area contributed by atoms with Crippen molar-refractivity contribution in [3.8, 4) is 0 Å². The van der Waals surface area contributed by atoms with Crippen molar-refractivity contribution in [2.75, 3.05) is 13.1 Å². The van der Waals surface area contributed by atoms with E-state index in [1.165, 1.54) is 11.6 Å². The van der Waals surface area contributed by atoms with Crippen molar-refractivity contribution in [2.24, 2.45) is 13.0 Å². The maximum absolute atomic E-state index is 11.4. The Morgan fingerprint density at radius 2 is 2.56 bits per heavy atom. The topological polar surface area (TPSA) is 38.1 Å². The van der Waals surface area contributed by atoms with Crippen LogP contribution in [0.1, 0.15) is 12.0 Å². The molecule has 4 heteroatoms. The lowest BCUT2D eigenvalue weighted by Gasteiger charge is -2.13. The van der Waals surface area contributed by atoms with Crippen LogP contribution in [0.5, 0.6) is 0 Å². The zero-order valence-corrected chi connectivity index (χ0v) is 9.59. The van der Waals surface area contributed by atoms with Gasteiger partial charge < -0.3 is 4.90 Å². The molecule has 1 saturated heterocycles. The number of carbonyl (C=O) groups excluding carboxylic acids is 1. The molecule has 0 spiro atoms. The third-order valence-corrected chi connectivity index (χ3v) is 3.05. The van der Waals surface area contributed by atoms with Gasteiger partial charge in [-0.15, -0.1) is 0 Å². The van der Waals surface area contributed by atoms with E-state index < -0.39 is 0 Å². The molecule has 1 amide bonds. The Morgan fingerprint density at radius 3 is 3.19 bits per heavy atom. The normalized spacial score (nSPS) is 20.1. The van der Waals surface area contributed by atoms with Crippen LogP contribution >= 0.6 is 0 Å². The maximum atomic E-state index is 11.4. The predicted octanol–water partition coefficient (Wildman–Crippen LogP) is 0.997. The molecule has 0 saturated carbocycles. The summed E-state index contributed by atoms with van der Waals surface area (Å²) < 4.78 is 1.82. The van der Waals surface area contributed by atoms with E-state index >= 15 is 0 Å². The van der Waals surface area contributed by atoms with Crippen molar-refractivity contribution in [2.45, 2.75) is 12.8 Å². The van der Waals surface area contributed by atoms with E-state index in [4.69, 9.17) is 0 Å². The highest BCUT2D eigenvalue weighted by Gasteiger charge is 2.24. The van der Waals surface area contributed by atoms with Crippen molar-refractivity contribution in [1.82, 2.24) is 14.7 Å². The third kappa shape index (κ3) is 2.32. The Morgan fingerprint density at radius 1 is 1.75 bits per heavy atom. The quantitative estimate of drug-likeness (QED) is 0.711. The molecule has 0 aromatic carbocycles. The van der Waals surface area contributed by atoms with Gasteiger partial charge in [0.1, 0.15) is 0 Å². The molecule has 16 heavy (non-hydrogen) atoms. The molecule has 4 nitrogen and oxygen atoms in total. The van der Waals surface area contributed by atoms with E-state index in [1.54, 1.807) is 0 Å². The summed E-state index contributed by atoms with van der Waals surface area (Å²) in [6.45, 7) is 5.22. The molecular formula is C12H17N3O. The average molecular weight is 219 g/mol. The monoisotopic (exact) mass is 219 g/mol. The summed E-state index contributed by atoms with van der Waals surface area (Å²) in [6.07, 6.45) is 7.42. The molecular weight excluding hydrogens is 202 g/mol. The second-order valence-electron chi connectivity index (χ2n) is 4.37. The lowest BCUT2D eigenvalue weighted by molar-refractivity contribution is -0.125. The Balaban J connectivity index is 1.89. The molecule has 86 valence electrons. The van der Waals surface area contributed by atoms with Crippen LogP contribution in [0.15, 0.2) is 25.0 Å². The second-order valence-corrected chi connectivity index (χ2v) is 4.37. The highest BCUT2D eigenvalue weighted by atomic mass is 16.2. The highest BCUT2D eigenvalue weighted by molar-refractivity contribution is 5.87. The van der Waals surface area contributed by atoms with E-state index in [9.17, 15) is 4.79 Å². The largest absolute Gasteiger partial charge is 0.339 e. The molecule has 0 radical (unpaired) electrons. The van der Waals surface area contributed by atoms with Crippen LogP contribution in [-0.4, -0.2) is 33.7 Å². The molecule has 1 aliphatic heterocycles.